The van der Waals surface area contributed by atoms with Gasteiger partial charge in [0.15, 0.2) is 11.4 Å². The highest BCUT2D eigenvalue weighted by Crippen LogP contribution is 2.45. The lowest BCUT2D eigenvalue weighted by Gasteiger charge is -2.20. The number of fused-ring (bicyclic) bond motifs is 1. The van der Waals surface area contributed by atoms with Crippen LogP contribution < -0.4 is 9.46 Å². The monoisotopic (exact) mass is 683 g/mol. The second-order valence-electron chi connectivity index (χ2n) is 11.8. The number of esters is 1. The van der Waals surface area contributed by atoms with Crippen LogP contribution in [0.15, 0.2) is 30.5 Å². The van der Waals surface area contributed by atoms with Gasteiger partial charge in [0.2, 0.25) is 10.0 Å². The van der Waals surface area contributed by atoms with E-state index in [4.69, 9.17) is 19.2 Å². The molecule has 0 spiro atoms. The molecule has 1 aromatic carbocycles. The summed E-state index contributed by atoms with van der Waals surface area (Å²) in [5.41, 5.74) is 1.59. The van der Waals surface area contributed by atoms with Crippen molar-refractivity contribution in [1.82, 2.24) is 9.55 Å². The number of nitrogens with zero attached hydrogens (tertiary/aromatic N) is 2. The Morgan fingerprint density at radius 1 is 1.07 bits per heavy atom. The third-order valence-corrected chi connectivity index (χ3v) is 7.82. The van der Waals surface area contributed by atoms with Crippen LogP contribution in [0, 0.1) is 3.57 Å². The second-order valence-corrected chi connectivity index (χ2v) is 14.6. The molecule has 1 N–H and O–H groups in total. The van der Waals surface area contributed by atoms with Crippen LogP contribution in [0.5, 0.6) is 5.75 Å². The lowest BCUT2D eigenvalue weighted by atomic mass is 9.99. The Labute approximate surface area is 248 Å². The van der Waals surface area contributed by atoms with Gasteiger partial charge in [-0.3, -0.25) is 9.52 Å². The zero-order valence-corrected chi connectivity index (χ0v) is 26.6. The number of pyridine rings is 1. The Balaban J connectivity index is 1.75. The third kappa shape index (κ3) is 7.25. The molecule has 1 aliphatic rings. The number of carbonyl (C=O) groups excluding carboxylic acids is 2. The SMILES string of the molecule is COc1ccc(-c2cc3c(I)cn(C(=O)OC(C)(C)C)c3nc2C2CC2)cc1NS(=O)(=O)CC(=O)OC(C)(C)C. The number of halogens is 1. The maximum absolute atomic E-state index is 12.9. The Hall–Kier alpha value is -2.87. The molecule has 10 nitrogen and oxygen atoms in total. The first-order chi connectivity index (χ1) is 18.5. The average Bonchev–Trinajstić information content (AvgIpc) is 3.59. The number of nitrogens with one attached hydrogen (secondary N) is 1. The summed E-state index contributed by atoms with van der Waals surface area (Å²) in [6.45, 7) is 10.4. The van der Waals surface area contributed by atoms with Crippen LogP contribution in [0.25, 0.3) is 22.2 Å². The van der Waals surface area contributed by atoms with E-state index in [-0.39, 0.29) is 11.6 Å². The van der Waals surface area contributed by atoms with E-state index < -0.39 is 39.0 Å². The number of carbonyl (C=O) groups is 2. The summed E-state index contributed by atoms with van der Waals surface area (Å²) < 4.78 is 46.6. The van der Waals surface area contributed by atoms with Gasteiger partial charge in [-0.2, -0.15) is 0 Å². The van der Waals surface area contributed by atoms with Crippen molar-refractivity contribution in [2.45, 2.75) is 71.5 Å². The highest BCUT2D eigenvalue weighted by molar-refractivity contribution is 14.1. The number of aromatic nitrogens is 2. The molecule has 0 unspecified atom stereocenters. The predicted molar refractivity (Wildman–Crippen MR) is 161 cm³/mol. The molecule has 1 saturated carbocycles. The number of anilines is 1. The molecule has 0 saturated heterocycles. The minimum Gasteiger partial charge on any atom is -0.495 e. The summed E-state index contributed by atoms with van der Waals surface area (Å²) in [5.74, 6) is -1.18. The molecule has 12 heteroatoms. The number of methoxy groups -OCH3 is 1. The van der Waals surface area contributed by atoms with Crippen molar-refractivity contribution >= 4 is 61.4 Å². The van der Waals surface area contributed by atoms with Crippen LogP contribution in [0.3, 0.4) is 0 Å². The Bertz CT molecular complexity index is 1580. The maximum Gasteiger partial charge on any atom is 0.420 e. The maximum atomic E-state index is 12.9. The first-order valence-electron chi connectivity index (χ1n) is 12.8. The van der Waals surface area contributed by atoms with Gasteiger partial charge in [0.1, 0.15) is 17.0 Å². The van der Waals surface area contributed by atoms with Crippen molar-refractivity contribution in [3.63, 3.8) is 0 Å². The third-order valence-electron chi connectivity index (χ3n) is 5.82. The van der Waals surface area contributed by atoms with Crippen LogP contribution in [0.1, 0.15) is 66.0 Å². The van der Waals surface area contributed by atoms with E-state index in [2.05, 4.69) is 27.3 Å². The van der Waals surface area contributed by atoms with E-state index in [0.29, 0.717) is 17.0 Å². The number of hydrogen-bond acceptors (Lipinski definition) is 8. The highest BCUT2D eigenvalue weighted by atomic mass is 127. The van der Waals surface area contributed by atoms with Crippen molar-refractivity contribution in [2.24, 2.45) is 0 Å². The fourth-order valence-electron chi connectivity index (χ4n) is 4.16. The minimum atomic E-state index is -4.09. The van der Waals surface area contributed by atoms with Crippen LogP contribution in [0.2, 0.25) is 0 Å². The van der Waals surface area contributed by atoms with E-state index in [9.17, 15) is 18.0 Å². The largest absolute Gasteiger partial charge is 0.495 e. The first-order valence-corrected chi connectivity index (χ1v) is 15.5. The van der Waals surface area contributed by atoms with Gasteiger partial charge in [-0.15, -0.1) is 0 Å². The lowest BCUT2D eigenvalue weighted by Crippen LogP contribution is -2.30. The number of rotatable bonds is 7. The second kappa shape index (κ2) is 10.8. The summed E-state index contributed by atoms with van der Waals surface area (Å²) in [4.78, 5) is 30.1. The van der Waals surface area contributed by atoms with Gasteiger partial charge in [0.25, 0.3) is 0 Å². The van der Waals surface area contributed by atoms with E-state index in [1.807, 2.05) is 32.9 Å². The van der Waals surface area contributed by atoms with Crippen molar-refractivity contribution < 1.29 is 32.2 Å². The average molecular weight is 684 g/mol. The highest BCUT2D eigenvalue weighted by Gasteiger charge is 2.31. The molecule has 2 aromatic heterocycles. The number of ether oxygens (including phenoxy) is 3. The first kappa shape index (κ1) is 30.1. The molecular formula is C28H34IN3O7S. The summed E-state index contributed by atoms with van der Waals surface area (Å²) in [6.07, 6.45) is 3.12. The molecule has 0 atom stereocenters. The van der Waals surface area contributed by atoms with Crippen LogP contribution in [-0.2, 0) is 24.3 Å². The molecule has 216 valence electrons. The fourth-order valence-corrected chi connectivity index (χ4v) is 5.77. The number of benzene rings is 1. The zero-order chi connectivity index (χ0) is 29.6. The van der Waals surface area contributed by atoms with E-state index >= 15 is 0 Å². The molecule has 2 heterocycles. The zero-order valence-electron chi connectivity index (χ0n) is 23.6. The van der Waals surface area contributed by atoms with Gasteiger partial charge in [0.05, 0.1) is 18.5 Å². The Morgan fingerprint density at radius 2 is 1.73 bits per heavy atom. The normalized spacial score (nSPS) is 14.2. The van der Waals surface area contributed by atoms with Gasteiger partial charge >= 0.3 is 12.1 Å². The van der Waals surface area contributed by atoms with E-state index in [1.165, 1.54) is 11.7 Å². The van der Waals surface area contributed by atoms with Crippen LogP contribution in [0.4, 0.5) is 10.5 Å². The van der Waals surface area contributed by atoms with Gasteiger partial charge < -0.3 is 14.2 Å². The van der Waals surface area contributed by atoms with Crippen molar-refractivity contribution in [1.29, 1.82) is 0 Å². The summed E-state index contributed by atoms with van der Waals surface area (Å²) in [6, 6.07) is 7.13. The van der Waals surface area contributed by atoms with Gasteiger partial charge in [-0.05, 0) is 101 Å². The Morgan fingerprint density at radius 3 is 2.30 bits per heavy atom. The summed E-state index contributed by atoms with van der Waals surface area (Å²) in [7, 11) is -2.65. The molecule has 0 bridgehead atoms. The molecule has 1 aliphatic carbocycles. The van der Waals surface area contributed by atoms with Crippen molar-refractivity contribution in [3.05, 3.63) is 39.7 Å². The number of hydrogen-bond donors (Lipinski definition) is 1. The summed E-state index contributed by atoms with van der Waals surface area (Å²) >= 11 is 2.16. The Kier molecular flexibility index (Phi) is 8.16. The van der Waals surface area contributed by atoms with Gasteiger partial charge in [-0.25, -0.2) is 22.8 Å². The van der Waals surface area contributed by atoms with Crippen molar-refractivity contribution in [2.75, 3.05) is 17.6 Å². The molecule has 3 aromatic rings. The smallest absolute Gasteiger partial charge is 0.420 e. The van der Waals surface area contributed by atoms with Crippen molar-refractivity contribution in [3.8, 4) is 16.9 Å². The standard InChI is InChI=1S/C28H34IN3O7S/c1-27(2,3)38-23(33)15-40(35,36)31-21-12-17(10-11-22(21)37-7)18-13-19-20(29)14-32(26(34)39-28(4,5)6)25(19)30-24(18)16-8-9-16/h10-14,16,31H,8-9,15H2,1-7H3. The molecule has 0 aliphatic heterocycles. The minimum absolute atomic E-state index is 0.187. The number of sulfonamides is 1. The van der Waals surface area contributed by atoms with Crippen LogP contribution in [-0.4, -0.2) is 54.1 Å². The fraction of sp³-hybridized carbons (Fsp3) is 0.464. The molecule has 0 amide bonds. The van der Waals surface area contributed by atoms with E-state index in [0.717, 1.165) is 33.1 Å². The molecule has 0 radical (unpaired) electrons. The van der Waals surface area contributed by atoms with Crippen LogP contribution >= 0.6 is 22.6 Å². The van der Waals surface area contributed by atoms with Gasteiger partial charge in [0, 0.05) is 26.6 Å². The molecule has 40 heavy (non-hydrogen) atoms. The quantitative estimate of drug-likeness (QED) is 0.235. The molecular weight excluding hydrogens is 649 g/mol. The molecule has 1 fully saturated rings. The molecule has 4 rings (SSSR count). The topological polar surface area (TPSA) is 126 Å². The lowest BCUT2D eigenvalue weighted by molar-refractivity contribution is -0.151. The summed E-state index contributed by atoms with van der Waals surface area (Å²) in [5, 5.41) is 0.772. The van der Waals surface area contributed by atoms with Gasteiger partial charge in [-0.1, -0.05) is 6.07 Å². The predicted octanol–water partition coefficient (Wildman–Crippen LogP) is 6.06. The van der Waals surface area contributed by atoms with E-state index in [1.54, 1.807) is 39.1 Å².